The van der Waals surface area contributed by atoms with Crippen molar-refractivity contribution < 1.29 is 8.42 Å². The fraction of sp³-hybridized carbons (Fsp3) is 0.647. The molecule has 4 rings (SSSR count). The third kappa shape index (κ3) is 2.68. The smallest absolute Gasteiger partial charge is 0.217 e. The number of nitrogens with zero attached hydrogens (tertiary/aromatic N) is 4. The van der Waals surface area contributed by atoms with Crippen LogP contribution in [-0.4, -0.2) is 49.1 Å². The summed E-state index contributed by atoms with van der Waals surface area (Å²) in [6, 6.07) is 5.64. The zero-order valence-electron chi connectivity index (χ0n) is 13.6. The van der Waals surface area contributed by atoms with Crippen molar-refractivity contribution in [1.29, 1.82) is 5.26 Å². The average molecular weight is 346 g/mol. The first-order valence-corrected chi connectivity index (χ1v) is 10.2. The topological polar surface area (TPSA) is 77.3 Å². The highest BCUT2D eigenvalue weighted by atomic mass is 32.2. The van der Waals surface area contributed by atoms with Gasteiger partial charge in [0, 0.05) is 32.4 Å². The van der Waals surface area contributed by atoms with Gasteiger partial charge < -0.3 is 4.90 Å². The van der Waals surface area contributed by atoms with Crippen molar-refractivity contribution in [3.63, 3.8) is 0 Å². The summed E-state index contributed by atoms with van der Waals surface area (Å²) >= 11 is 0. The predicted molar refractivity (Wildman–Crippen MR) is 90.9 cm³/mol. The first-order valence-electron chi connectivity index (χ1n) is 8.71. The highest BCUT2D eigenvalue weighted by Gasteiger charge is 2.59. The second-order valence-electron chi connectivity index (χ2n) is 7.02. The molecule has 1 saturated heterocycles. The lowest BCUT2D eigenvalue weighted by molar-refractivity contribution is 0.381. The van der Waals surface area contributed by atoms with Gasteiger partial charge >= 0.3 is 0 Å². The van der Waals surface area contributed by atoms with Crippen LogP contribution in [0.2, 0.25) is 0 Å². The lowest BCUT2D eigenvalue weighted by Crippen LogP contribution is -2.50. The van der Waals surface area contributed by atoms with E-state index < -0.39 is 10.0 Å². The second-order valence-corrected chi connectivity index (χ2v) is 9.12. The van der Waals surface area contributed by atoms with Crippen LogP contribution in [-0.2, 0) is 10.0 Å². The maximum Gasteiger partial charge on any atom is 0.217 e. The summed E-state index contributed by atoms with van der Waals surface area (Å²) in [7, 11) is -3.14. The van der Waals surface area contributed by atoms with Gasteiger partial charge in [-0.3, -0.25) is 0 Å². The van der Waals surface area contributed by atoms with Gasteiger partial charge in [0.1, 0.15) is 11.9 Å². The minimum Gasteiger partial charge on any atom is -0.354 e. The first-order chi connectivity index (χ1) is 11.6. The van der Waals surface area contributed by atoms with Gasteiger partial charge in [0.25, 0.3) is 0 Å². The molecule has 2 aliphatic carbocycles. The van der Waals surface area contributed by atoms with Crippen LogP contribution in [0.3, 0.4) is 0 Å². The van der Waals surface area contributed by atoms with Crippen LogP contribution in [0.4, 0.5) is 5.82 Å². The SMILES string of the molecule is N#Cc1ccc(N2CCN(S(=O)(=O)C3C4CCCCC43)CC2)nc1. The molecule has 0 spiro atoms. The summed E-state index contributed by atoms with van der Waals surface area (Å²) in [6.45, 7) is 2.36. The van der Waals surface area contributed by atoms with Crippen molar-refractivity contribution in [2.24, 2.45) is 11.8 Å². The number of nitriles is 1. The Kier molecular flexibility index (Phi) is 3.97. The Bertz CT molecular complexity index is 736. The van der Waals surface area contributed by atoms with Gasteiger partial charge in [-0.15, -0.1) is 0 Å². The maximum atomic E-state index is 12.9. The first kappa shape index (κ1) is 15.9. The zero-order valence-corrected chi connectivity index (χ0v) is 14.5. The minimum atomic E-state index is -3.14. The number of piperazine rings is 1. The number of hydrogen-bond donors (Lipinski definition) is 0. The van der Waals surface area contributed by atoms with E-state index in [4.69, 9.17) is 5.26 Å². The van der Waals surface area contributed by atoms with Crippen LogP contribution in [0.1, 0.15) is 31.2 Å². The molecule has 3 aliphatic rings. The highest BCUT2D eigenvalue weighted by Crippen LogP contribution is 2.54. The normalized spacial score (nSPS) is 30.5. The maximum absolute atomic E-state index is 12.9. The van der Waals surface area contributed by atoms with Gasteiger partial charge in [-0.1, -0.05) is 12.8 Å². The summed E-state index contributed by atoms with van der Waals surface area (Å²) < 4.78 is 27.5. The summed E-state index contributed by atoms with van der Waals surface area (Å²) in [5, 5.41) is 8.72. The van der Waals surface area contributed by atoms with E-state index in [1.165, 1.54) is 12.8 Å². The van der Waals surface area contributed by atoms with E-state index in [9.17, 15) is 8.42 Å². The molecule has 1 aromatic rings. The Morgan fingerprint density at radius 3 is 2.29 bits per heavy atom. The number of pyridine rings is 1. The lowest BCUT2D eigenvalue weighted by atomic mass is 10.0. The van der Waals surface area contributed by atoms with Crippen molar-refractivity contribution in [2.75, 3.05) is 31.1 Å². The van der Waals surface area contributed by atoms with Gasteiger partial charge in [0.05, 0.1) is 10.8 Å². The summed E-state index contributed by atoms with van der Waals surface area (Å²) in [5.41, 5.74) is 0.538. The van der Waals surface area contributed by atoms with E-state index >= 15 is 0 Å². The van der Waals surface area contributed by atoms with Gasteiger partial charge in [-0.05, 0) is 36.8 Å². The molecule has 2 saturated carbocycles. The third-order valence-electron chi connectivity index (χ3n) is 5.72. The van der Waals surface area contributed by atoms with Crippen molar-refractivity contribution in [3.8, 4) is 6.07 Å². The van der Waals surface area contributed by atoms with E-state index in [1.807, 2.05) is 6.07 Å². The summed E-state index contributed by atoms with van der Waals surface area (Å²) in [5.74, 6) is 1.65. The summed E-state index contributed by atoms with van der Waals surface area (Å²) in [4.78, 5) is 6.39. The van der Waals surface area contributed by atoms with E-state index in [0.29, 0.717) is 43.6 Å². The second kappa shape index (κ2) is 6.01. The van der Waals surface area contributed by atoms with Gasteiger partial charge in [0.15, 0.2) is 0 Å². The van der Waals surface area contributed by atoms with E-state index in [0.717, 1.165) is 18.7 Å². The Morgan fingerprint density at radius 1 is 1.08 bits per heavy atom. The minimum absolute atomic E-state index is 0.111. The van der Waals surface area contributed by atoms with E-state index in [1.54, 1.807) is 16.6 Å². The molecule has 0 aromatic carbocycles. The molecule has 0 bridgehead atoms. The summed E-state index contributed by atoms with van der Waals surface area (Å²) in [6.07, 6.45) is 6.11. The standard InChI is InChI=1S/C17H22N4O2S/c18-11-13-5-6-16(19-12-13)20-7-9-21(10-8-20)24(22,23)17-14-3-1-2-4-15(14)17/h5-6,12,14-15,17H,1-4,7-10H2. The van der Waals surface area contributed by atoms with Gasteiger partial charge in [-0.2, -0.15) is 9.57 Å². The quantitative estimate of drug-likeness (QED) is 0.831. The Labute approximate surface area is 143 Å². The van der Waals surface area contributed by atoms with Crippen molar-refractivity contribution in [3.05, 3.63) is 23.9 Å². The molecular formula is C17H22N4O2S. The lowest BCUT2D eigenvalue weighted by Gasteiger charge is -2.34. The molecule has 6 nitrogen and oxygen atoms in total. The zero-order chi connectivity index (χ0) is 16.7. The fourth-order valence-electron chi connectivity index (χ4n) is 4.35. The molecule has 0 N–H and O–H groups in total. The van der Waals surface area contributed by atoms with Crippen LogP contribution in [0.25, 0.3) is 0 Å². The number of aromatic nitrogens is 1. The van der Waals surface area contributed by atoms with Crippen LogP contribution >= 0.6 is 0 Å². The molecule has 0 radical (unpaired) electrons. The monoisotopic (exact) mass is 346 g/mol. The number of hydrogen-bond acceptors (Lipinski definition) is 5. The molecule has 2 unspecified atom stereocenters. The van der Waals surface area contributed by atoms with Crippen LogP contribution in [0, 0.1) is 23.2 Å². The van der Waals surface area contributed by atoms with Crippen LogP contribution < -0.4 is 4.90 Å². The molecule has 1 aromatic heterocycles. The molecule has 2 heterocycles. The molecule has 2 atom stereocenters. The van der Waals surface area contributed by atoms with Crippen molar-refractivity contribution in [1.82, 2.24) is 9.29 Å². The van der Waals surface area contributed by atoms with Gasteiger partial charge in [-0.25, -0.2) is 13.4 Å². The number of fused-ring (bicyclic) bond motifs is 1. The average Bonchev–Trinajstić information content (AvgIpc) is 3.37. The van der Waals surface area contributed by atoms with Crippen LogP contribution in [0.5, 0.6) is 0 Å². The Morgan fingerprint density at radius 2 is 1.75 bits per heavy atom. The molecular weight excluding hydrogens is 324 g/mol. The highest BCUT2D eigenvalue weighted by molar-refractivity contribution is 7.90. The fourth-order valence-corrected chi connectivity index (χ4v) is 6.84. The predicted octanol–water partition coefficient (Wildman–Crippen LogP) is 1.59. The molecule has 24 heavy (non-hydrogen) atoms. The Hall–Kier alpha value is -1.65. The third-order valence-corrected chi connectivity index (χ3v) is 8.19. The number of anilines is 1. The number of sulfonamides is 1. The van der Waals surface area contributed by atoms with Crippen molar-refractivity contribution in [2.45, 2.75) is 30.9 Å². The van der Waals surface area contributed by atoms with Gasteiger partial charge in [0.2, 0.25) is 10.0 Å². The van der Waals surface area contributed by atoms with E-state index in [-0.39, 0.29) is 5.25 Å². The number of rotatable bonds is 3. The Balaban J connectivity index is 1.40. The largest absolute Gasteiger partial charge is 0.354 e. The molecule has 3 fully saturated rings. The van der Waals surface area contributed by atoms with Crippen molar-refractivity contribution >= 4 is 15.8 Å². The molecule has 7 heteroatoms. The molecule has 0 amide bonds. The van der Waals surface area contributed by atoms with E-state index in [2.05, 4.69) is 16.0 Å². The van der Waals surface area contributed by atoms with Crippen LogP contribution in [0.15, 0.2) is 18.3 Å². The molecule has 1 aliphatic heterocycles. The molecule has 128 valence electrons.